The number of carbonyl (C=O) groups excluding carboxylic acids is 2. The molecule has 2 amide bonds. The monoisotopic (exact) mass is 360 g/mol. The highest BCUT2D eigenvalue weighted by atomic mass is 16.4. The number of nitrogens with one attached hydrogen (secondary N) is 1. The molecule has 0 saturated carbocycles. The molecular weight excluding hydrogens is 332 g/mol. The second kappa shape index (κ2) is 9.36. The number of benzene rings is 1. The van der Waals surface area contributed by atoms with Crippen LogP contribution in [0.2, 0.25) is 0 Å². The van der Waals surface area contributed by atoms with E-state index < -0.39 is 5.97 Å². The van der Waals surface area contributed by atoms with Gasteiger partial charge >= 0.3 is 5.97 Å². The van der Waals surface area contributed by atoms with E-state index in [-0.39, 0.29) is 30.1 Å². The lowest BCUT2D eigenvalue weighted by Crippen LogP contribution is -2.45. The van der Waals surface area contributed by atoms with Crippen molar-refractivity contribution in [3.8, 4) is 0 Å². The zero-order valence-corrected chi connectivity index (χ0v) is 15.5. The van der Waals surface area contributed by atoms with Crippen molar-refractivity contribution in [2.45, 2.75) is 46.0 Å². The molecule has 1 aliphatic heterocycles. The van der Waals surface area contributed by atoms with E-state index >= 15 is 0 Å². The predicted molar refractivity (Wildman–Crippen MR) is 99.8 cm³/mol. The lowest BCUT2D eigenvalue weighted by molar-refractivity contribution is -0.138. The van der Waals surface area contributed by atoms with Crippen LogP contribution in [0.3, 0.4) is 0 Å². The first-order valence-corrected chi connectivity index (χ1v) is 9.31. The van der Waals surface area contributed by atoms with Gasteiger partial charge in [0.15, 0.2) is 0 Å². The maximum Gasteiger partial charge on any atom is 0.303 e. The molecule has 6 nitrogen and oxygen atoms in total. The molecule has 0 spiro atoms. The summed E-state index contributed by atoms with van der Waals surface area (Å²) in [4.78, 5) is 37.3. The summed E-state index contributed by atoms with van der Waals surface area (Å²) in [6.07, 6.45) is 2.99. The Balaban J connectivity index is 1.90. The van der Waals surface area contributed by atoms with Crippen LogP contribution in [0.1, 0.15) is 45.1 Å². The number of aliphatic carboxylic acids is 1. The molecule has 0 aliphatic carbocycles. The van der Waals surface area contributed by atoms with E-state index in [4.69, 9.17) is 5.11 Å². The maximum atomic E-state index is 12.5. The molecular formula is C20H28N2O4. The van der Waals surface area contributed by atoms with Gasteiger partial charge in [-0.1, -0.05) is 26.0 Å². The highest BCUT2D eigenvalue weighted by molar-refractivity contribution is 5.93. The van der Waals surface area contributed by atoms with E-state index in [2.05, 4.69) is 5.32 Å². The van der Waals surface area contributed by atoms with Gasteiger partial charge < -0.3 is 15.3 Å². The Bertz CT molecular complexity index is 642. The number of hydrogen-bond donors (Lipinski definition) is 2. The first-order chi connectivity index (χ1) is 12.4. The Morgan fingerprint density at radius 2 is 1.96 bits per heavy atom. The third-order valence-electron chi connectivity index (χ3n) is 4.99. The van der Waals surface area contributed by atoms with Crippen molar-refractivity contribution in [3.05, 3.63) is 29.8 Å². The maximum absolute atomic E-state index is 12.5. The Labute approximate surface area is 154 Å². The highest BCUT2D eigenvalue weighted by Crippen LogP contribution is 2.21. The van der Waals surface area contributed by atoms with Crippen molar-refractivity contribution < 1.29 is 19.5 Å². The van der Waals surface area contributed by atoms with Gasteiger partial charge in [0.05, 0.1) is 5.92 Å². The van der Waals surface area contributed by atoms with Crippen molar-refractivity contribution >= 4 is 23.5 Å². The smallest absolute Gasteiger partial charge is 0.303 e. The quantitative estimate of drug-likeness (QED) is 0.783. The molecule has 1 aromatic carbocycles. The van der Waals surface area contributed by atoms with E-state index in [1.807, 2.05) is 30.9 Å². The molecule has 1 saturated heterocycles. The molecule has 2 unspecified atom stereocenters. The second-order valence-corrected chi connectivity index (χ2v) is 7.01. The number of rotatable bonds is 7. The minimum Gasteiger partial charge on any atom is -0.481 e. The van der Waals surface area contributed by atoms with Gasteiger partial charge in [-0.05, 0) is 43.4 Å². The Morgan fingerprint density at radius 1 is 1.27 bits per heavy atom. The molecule has 1 fully saturated rings. The van der Waals surface area contributed by atoms with E-state index in [9.17, 15) is 14.4 Å². The zero-order valence-electron chi connectivity index (χ0n) is 15.5. The number of carboxylic acids is 1. The largest absolute Gasteiger partial charge is 0.481 e. The number of hydrogen-bond acceptors (Lipinski definition) is 3. The summed E-state index contributed by atoms with van der Waals surface area (Å²) in [7, 11) is 0. The number of piperidine rings is 1. The first-order valence-electron chi connectivity index (χ1n) is 9.31. The van der Waals surface area contributed by atoms with Gasteiger partial charge in [-0.3, -0.25) is 14.4 Å². The van der Waals surface area contributed by atoms with Gasteiger partial charge in [0.1, 0.15) is 0 Å². The van der Waals surface area contributed by atoms with Gasteiger partial charge in [-0.2, -0.15) is 0 Å². The highest BCUT2D eigenvalue weighted by Gasteiger charge is 2.29. The number of likely N-dealkylation sites (tertiary alicyclic amines) is 1. The molecule has 2 N–H and O–H groups in total. The number of nitrogens with zero attached hydrogens (tertiary/aromatic N) is 1. The topological polar surface area (TPSA) is 86.7 Å². The fourth-order valence-electron chi connectivity index (χ4n) is 3.13. The first kappa shape index (κ1) is 19.9. The van der Waals surface area contributed by atoms with Crippen LogP contribution < -0.4 is 5.32 Å². The summed E-state index contributed by atoms with van der Waals surface area (Å²) in [5.41, 5.74) is 1.62. The van der Waals surface area contributed by atoms with Crippen molar-refractivity contribution in [2.24, 2.45) is 11.8 Å². The predicted octanol–water partition coefficient (Wildman–Crippen LogP) is 2.93. The van der Waals surface area contributed by atoms with Crippen molar-refractivity contribution in [2.75, 3.05) is 18.4 Å². The van der Waals surface area contributed by atoms with Crippen molar-refractivity contribution in [3.63, 3.8) is 0 Å². The third-order valence-corrected chi connectivity index (χ3v) is 4.99. The van der Waals surface area contributed by atoms with Gasteiger partial charge in [0.2, 0.25) is 11.8 Å². The van der Waals surface area contributed by atoms with Crippen LogP contribution in [0, 0.1) is 11.8 Å². The zero-order chi connectivity index (χ0) is 19.1. The normalized spacial score (nSPS) is 18.2. The number of carboxylic acid groups (broad SMARTS) is 1. The van der Waals surface area contributed by atoms with Crippen LogP contribution in [0.5, 0.6) is 0 Å². The van der Waals surface area contributed by atoms with Crippen LogP contribution in [0.4, 0.5) is 5.69 Å². The second-order valence-electron chi connectivity index (χ2n) is 7.01. The minimum atomic E-state index is -0.823. The van der Waals surface area contributed by atoms with Crippen LogP contribution >= 0.6 is 0 Å². The third kappa shape index (κ3) is 5.58. The SMILES string of the molecule is CCC(C)C(=O)N1CCCC(C(=O)Nc2ccc(CCC(=O)O)cc2)C1. The fraction of sp³-hybridized carbons (Fsp3) is 0.550. The molecule has 26 heavy (non-hydrogen) atoms. The minimum absolute atomic E-state index is 0.00448. The number of carbonyl (C=O) groups is 3. The summed E-state index contributed by atoms with van der Waals surface area (Å²) in [6, 6.07) is 7.25. The molecule has 0 bridgehead atoms. The Kier molecular flexibility index (Phi) is 7.18. The van der Waals surface area contributed by atoms with Crippen LogP contribution in [0.15, 0.2) is 24.3 Å². The fourth-order valence-corrected chi connectivity index (χ4v) is 3.13. The van der Waals surface area contributed by atoms with Crippen LogP contribution in [0.25, 0.3) is 0 Å². The summed E-state index contributed by atoms with van der Waals surface area (Å²) < 4.78 is 0. The molecule has 0 radical (unpaired) electrons. The molecule has 0 aromatic heterocycles. The molecule has 142 valence electrons. The van der Waals surface area contributed by atoms with Crippen molar-refractivity contribution in [1.29, 1.82) is 0 Å². The van der Waals surface area contributed by atoms with E-state index in [1.54, 1.807) is 12.1 Å². The summed E-state index contributed by atoms with van der Waals surface area (Å²) in [5.74, 6) is -0.951. The Morgan fingerprint density at radius 3 is 2.58 bits per heavy atom. The Hall–Kier alpha value is -2.37. The van der Waals surface area contributed by atoms with Gasteiger partial charge in [0, 0.05) is 31.1 Å². The number of amides is 2. The molecule has 6 heteroatoms. The summed E-state index contributed by atoms with van der Waals surface area (Å²) in [6.45, 7) is 5.13. The molecule has 1 heterocycles. The average molecular weight is 360 g/mol. The van der Waals surface area contributed by atoms with Crippen LogP contribution in [-0.2, 0) is 20.8 Å². The standard InChI is InChI=1S/C20H28N2O4/c1-3-14(2)20(26)22-12-4-5-16(13-22)19(25)21-17-9-6-15(7-10-17)8-11-18(23)24/h6-7,9-10,14,16H,3-5,8,11-13H2,1-2H3,(H,21,25)(H,23,24). The van der Waals surface area contributed by atoms with Gasteiger partial charge in [-0.15, -0.1) is 0 Å². The van der Waals surface area contributed by atoms with E-state index in [0.29, 0.717) is 18.7 Å². The molecule has 2 rings (SSSR count). The lowest BCUT2D eigenvalue weighted by atomic mass is 9.95. The average Bonchev–Trinajstić information content (AvgIpc) is 2.66. The summed E-state index contributed by atoms with van der Waals surface area (Å²) >= 11 is 0. The number of anilines is 1. The molecule has 1 aliphatic rings. The van der Waals surface area contributed by atoms with Crippen molar-refractivity contribution in [1.82, 2.24) is 4.90 Å². The molecule has 1 aromatic rings. The van der Waals surface area contributed by atoms with E-state index in [0.717, 1.165) is 31.4 Å². The lowest BCUT2D eigenvalue weighted by Gasteiger charge is -2.33. The van der Waals surface area contributed by atoms with Crippen LogP contribution in [-0.4, -0.2) is 40.9 Å². The van der Waals surface area contributed by atoms with E-state index in [1.165, 1.54) is 0 Å². The number of aryl methyl sites for hydroxylation is 1. The van der Waals surface area contributed by atoms with Gasteiger partial charge in [-0.25, -0.2) is 0 Å². The summed E-state index contributed by atoms with van der Waals surface area (Å²) in [5, 5.41) is 11.6. The van der Waals surface area contributed by atoms with Gasteiger partial charge in [0.25, 0.3) is 0 Å². The molecule has 2 atom stereocenters.